The summed E-state index contributed by atoms with van der Waals surface area (Å²) >= 11 is 4.35. The zero-order valence-electron chi connectivity index (χ0n) is 13.6. The maximum Gasteiger partial charge on any atom is 0.348 e. The molecule has 25 heavy (non-hydrogen) atoms. The molecule has 0 aliphatic heterocycles. The molecule has 0 fully saturated rings. The van der Waals surface area contributed by atoms with Gasteiger partial charge in [0.15, 0.2) is 6.61 Å². The molecule has 0 unspecified atom stereocenters. The van der Waals surface area contributed by atoms with Gasteiger partial charge in [-0.25, -0.2) is 4.79 Å². The number of rotatable bonds is 6. The van der Waals surface area contributed by atoms with Crippen LogP contribution in [0.3, 0.4) is 0 Å². The molecule has 1 aromatic carbocycles. The van der Waals surface area contributed by atoms with E-state index in [1.807, 2.05) is 12.1 Å². The highest BCUT2D eigenvalue weighted by atomic mass is 79.9. The molecule has 1 N–H and O–H groups in total. The molecular weight excluding hydrogens is 408 g/mol. The van der Waals surface area contributed by atoms with E-state index in [0.29, 0.717) is 21.2 Å². The molecule has 0 saturated carbocycles. The van der Waals surface area contributed by atoms with E-state index in [1.165, 1.54) is 0 Å². The fraction of sp³-hybridized carbons (Fsp3) is 0.235. The summed E-state index contributed by atoms with van der Waals surface area (Å²) in [4.78, 5) is 24.3. The van der Waals surface area contributed by atoms with Gasteiger partial charge in [-0.1, -0.05) is 12.1 Å². The Labute approximate surface area is 157 Å². The molecule has 0 bridgehead atoms. The van der Waals surface area contributed by atoms with Crippen molar-refractivity contribution in [2.24, 2.45) is 0 Å². The predicted molar refractivity (Wildman–Crippen MR) is 98.0 cm³/mol. The number of carbonyl (C=O) groups is 2. The summed E-state index contributed by atoms with van der Waals surface area (Å²) in [5.74, 6) is -0.400. The first-order valence-electron chi connectivity index (χ1n) is 7.35. The molecule has 0 aliphatic carbocycles. The maximum atomic E-state index is 12.1. The number of hydrogen-bond donors (Lipinski definition) is 1. The van der Waals surface area contributed by atoms with Gasteiger partial charge in [-0.2, -0.15) is 5.26 Å². The van der Waals surface area contributed by atoms with Crippen molar-refractivity contribution in [1.29, 1.82) is 5.26 Å². The predicted octanol–water partition coefficient (Wildman–Crippen LogP) is 3.88. The Hall–Kier alpha value is -2.37. The van der Waals surface area contributed by atoms with Crippen LogP contribution in [0.1, 0.15) is 27.7 Å². The number of carbonyl (C=O) groups excluding carboxylic acids is 2. The molecule has 6 nitrogen and oxygen atoms in total. The number of anilines is 1. The minimum absolute atomic E-state index is 0.223. The first-order valence-corrected chi connectivity index (χ1v) is 8.96. The quantitative estimate of drug-likeness (QED) is 0.713. The summed E-state index contributed by atoms with van der Waals surface area (Å²) in [6, 6.07) is 9.16. The smallest absolute Gasteiger partial charge is 0.348 e. The third kappa shape index (κ3) is 4.59. The number of para-hydroxylation sites is 1. The lowest BCUT2D eigenvalue weighted by atomic mass is 10.2. The number of nitriles is 1. The van der Waals surface area contributed by atoms with Gasteiger partial charge < -0.3 is 14.8 Å². The van der Waals surface area contributed by atoms with Crippen molar-refractivity contribution in [2.75, 3.05) is 18.5 Å². The summed E-state index contributed by atoms with van der Waals surface area (Å²) in [5, 5.41) is 12.2. The van der Waals surface area contributed by atoms with E-state index in [1.54, 1.807) is 32.0 Å². The van der Waals surface area contributed by atoms with Crippen LogP contribution in [0.25, 0.3) is 0 Å². The first kappa shape index (κ1) is 19.0. The van der Waals surface area contributed by atoms with Crippen molar-refractivity contribution in [3.05, 3.63) is 44.7 Å². The second kappa shape index (κ2) is 8.65. The van der Waals surface area contributed by atoms with E-state index in [9.17, 15) is 14.9 Å². The van der Waals surface area contributed by atoms with Crippen molar-refractivity contribution in [3.8, 4) is 11.8 Å². The Bertz CT molecular complexity index is 842. The number of halogens is 1. The molecule has 0 radical (unpaired) electrons. The molecule has 1 heterocycles. The normalized spacial score (nSPS) is 10.0. The van der Waals surface area contributed by atoms with E-state index in [2.05, 4.69) is 21.2 Å². The molecule has 0 aliphatic rings. The van der Waals surface area contributed by atoms with Crippen LogP contribution < -0.4 is 10.1 Å². The molecule has 0 spiro atoms. The summed E-state index contributed by atoms with van der Waals surface area (Å²) in [5.41, 5.74) is 0.746. The molecule has 2 rings (SSSR count). The Morgan fingerprint density at radius 1 is 1.36 bits per heavy atom. The fourth-order valence-electron chi connectivity index (χ4n) is 2.00. The van der Waals surface area contributed by atoms with E-state index in [4.69, 9.17) is 9.47 Å². The first-order chi connectivity index (χ1) is 12.0. The molecule has 130 valence electrons. The molecule has 0 saturated heterocycles. The van der Waals surface area contributed by atoms with Crippen LogP contribution in [-0.4, -0.2) is 25.1 Å². The van der Waals surface area contributed by atoms with Crippen molar-refractivity contribution in [1.82, 2.24) is 0 Å². The summed E-state index contributed by atoms with van der Waals surface area (Å²) < 4.78 is 11.1. The van der Waals surface area contributed by atoms with Gasteiger partial charge in [0, 0.05) is 0 Å². The van der Waals surface area contributed by atoms with Crippen LogP contribution in [0.4, 0.5) is 5.00 Å². The van der Waals surface area contributed by atoms with Gasteiger partial charge in [0.1, 0.15) is 21.7 Å². The third-order valence-electron chi connectivity index (χ3n) is 3.17. The average Bonchev–Trinajstić information content (AvgIpc) is 2.90. The highest BCUT2D eigenvalue weighted by Crippen LogP contribution is 2.33. The van der Waals surface area contributed by atoms with Gasteiger partial charge in [0.05, 0.1) is 16.6 Å². The minimum atomic E-state index is -0.508. The number of benzene rings is 1. The van der Waals surface area contributed by atoms with Gasteiger partial charge in [-0.15, -0.1) is 11.3 Å². The average molecular weight is 423 g/mol. The Kier molecular flexibility index (Phi) is 6.56. The summed E-state index contributed by atoms with van der Waals surface area (Å²) in [7, 11) is 0. The van der Waals surface area contributed by atoms with Crippen LogP contribution in [0, 0.1) is 18.3 Å². The SMILES string of the molecule is CCOC(=O)c1sc(NC(=O)COc2ccccc2Br)c(C#N)c1C. The molecule has 2 aromatic rings. The number of thiophene rings is 1. The van der Waals surface area contributed by atoms with Crippen LogP contribution >= 0.6 is 27.3 Å². The Morgan fingerprint density at radius 3 is 2.72 bits per heavy atom. The van der Waals surface area contributed by atoms with E-state index in [-0.39, 0.29) is 18.8 Å². The molecular formula is C17H15BrN2O4S. The van der Waals surface area contributed by atoms with E-state index in [0.717, 1.165) is 15.8 Å². The lowest BCUT2D eigenvalue weighted by Crippen LogP contribution is -2.20. The zero-order valence-corrected chi connectivity index (χ0v) is 16.0. The maximum absolute atomic E-state index is 12.1. The van der Waals surface area contributed by atoms with E-state index < -0.39 is 11.9 Å². The molecule has 1 aromatic heterocycles. The fourth-order valence-corrected chi connectivity index (χ4v) is 3.46. The molecule has 0 atom stereocenters. The van der Waals surface area contributed by atoms with Gasteiger partial charge in [-0.05, 0) is 47.5 Å². The Balaban J connectivity index is 2.10. The topological polar surface area (TPSA) is 88.4 Å². The number of amides is 1. The number of nitrogens with zero attached hydrogens (tertiary/aromatic N) is 1. The largest absolute Gasteiger partial charge is 0.483 e. The Morgan fingerprint density at radius 2 is 2.08 bits per heavy atom. The standard InChI is InChI=1S/C17H15BrN2O4S/c1-3-23-17(22)15-10(2)11(8-19)16(25-15)20-14(21)9-24-13-7-5-4-6-12(13)18/h4-7H,3,9H2,1-2H3,(H,20,21). The highest BCUT2D eigenvalue weighted by Gasteiger charge is 2.22. The zero-order chi connectivity index (χ0) is 18.4. The summed E-state index contributed by atoms with van der Waals surface area (Å²) in [6.07, 6.45) is 0. The van der Waals surface area contributed by atoms with Crippen molar-refractivity contribution < 1.29 is 19.1 Å². The third-order valence-corrected chi connectivity index (χ3v) is 5.01. The van der Waals surface area contributed by atoms with Crippen LogP contribution in [0.2, 0.25) is 0 Å². The van der Waals surface area contributed by atoms with Crippen LogP contribution in [0.15, 0.2) is 28.7 Å². The lowest BCUT2D eigenvalue weighted by molar-refractivity contribution is -0.118. The molecule has 1 amide bonds. The monoisotopic (exact) mass is 422 g/mol. The second-order valence-corrected chi connectivity index (χ2v) is 6.73. The summed E-state index contributed by atoms with van der Waals surface area (Å²) in [6.45, 7) is 3.36. The van der Waals surface area contributed by atoms with Crippen LogP contribution in [-0.2, 0) is 9.53 Å². The number of hydrogen-bond acceptors (Lipinski definition) is 6. The van der Waals surface area contributed by atoms with Gasteiger partial charge in [0.25, 0.3) is 5.91 Å². The number of esters is 1. The van der Waals surface area contributed by atoms with Crippen molar-refractivity contribution in [2.45, 2.75) is 13.8 Å². The van der Waals surface area contributed by atoms with Crippen molar-refractivity contribution in [3.63, 3.8) is 0 Å². The highest BCUT2D eigenvalue weighted by molar-refractivity contribution is 9.10. The van der Waals surface area contributed by atoms with E-state index >= 15 is 0 Å². The van der Waals surface area contributed by atoms with Crippen molar-refractivity contribution >= 4 is 44.1 Å². The van der Waals surface area contributed by atoms with Gasteiger partial charge >= 0.3 is 5.97 Å². The number of ether oxygens (including phenoxy) is 2. The molecule has 8 heteroatoms. The lowest BCUT2D eigenvalue weighted by Gasteiger charge is -2.08. The van der Waals surface area contributed by atoms with Crippen LogP contribution in [0.5, 0.6) is 5.75 Å². The van der Waals surface area contributed by atoms with Gasteiger partial charge in [-0.3, -0.25) is 4.79 Å². The number of nitrogens with one attached hydrogen (secondary N) is 1. The second-order valence-electron chi connectivity index (χ2n) is 4.86. The van der Waals surface area contributed by atoms with Gasteiger partial charge in [0.2, 0.25) is 0 Å². The minimum Gasteiger partial charge on any atom is -0.483 e.